The lowest BCUT2D eigenvalue weighted by Crippen LogP contribution is -2.27. The highest BCUT2D eigenvalue weighted by atomic mass is 79.9. The van der Waals surface area contributed by atoms with Crippen LogP contribution in [0.5, 0.6) is 0 Å². The molecule has 0 aliphatic carbocycles. The maximum atomic E-state index is 12.4. The number of halogens is 1. The van der Waals surface area contributed by atoms with Crippen molar-refractivity contribution in [2.75, 3.05) is 17.2 Å². The molecule has 0 saturated carbocycles. The van der Waals surface area contributed by atoms with Crippen LogP contribution < -0.4 is 10.6 Å². The smallest absolute Gasteiger partial charge is 0.255 e. The number of hydrogen-bond acceptors (Lipinski definition) is 3. The molecule has 5 nitrogen and oxygen atoms in total. The second kappa shape index (κ2) is 7.59. The first-order valence-electron chi connectivity index (χ1n) is 7.72. The van der Waals surface area contributed by atoms with Gasteiger partial charge in [0, 0.05) is 22.3 Å². The monoisotopic (exact) mass is 388 g/mol. The molecule has 124 valence electrons. The van der Waals surface area contributed by atoms with Gasteiger partial charge in [-0.2, -0.15) is 0 Å². The Bertz CT molecular complexity index is 757. The summed E-state index contributed by atoms with van der Waals surface area (Å²) in [7, 11) is 0. The van der Waals surface area contributed by atoms with Crippen molar-refractivity contribution in [3.8, 4) is 0 Å². The van der Waals surface area contributed by atoms with Gasteiger partial charge in [-0.1, -0.05) is 18.2 Å². The van der Waals surface area contributed by atoms with E-state index < -0.39 is 6.10 Å². The van der Waals surface area contributed by atoms with Gasteiger partial charge >= 0.3 is 0 Å². The van der Waals surface area contributed by atoms with Gasteiger partial charge in [0.05, 0.1) is 5.69 Å². The van der Waals surface area contributed by atoms with Crippen LogP contribution >= 0.6 is 15.9 Å². The molecule has 2 aromatic rings. The van der Waals surface area contributed by atoms with Crippen molar-refractivity contribution in [2.24, 2.45) is 0 Å². The first-order chi connectivity index (χ1) is 11.6. The number of anilines is 2. The summed E-state index contributed by atoms with van der Waals surface area (Å²) in [5.41, 5.74) is 1.74. The van der Waals surface area contributed by atoms with Crippen molar-refractivity contribution in [2.45, 2.75) is 18.9 Å². The van der Waals surface area contributed by atoms with Crippen molar-refractivity contribution < 1.29 is 14.3 Å². The van der Waals surface area contributed by atoms with Crippen LogP contribution in [-0.4, -0.2) is 24.5 Å². The van der Waals surface area contributed by atoms with E-state index in [1.807, 2.05) is 24.3 Å². The minimum atomic E-state index is -0.400. The molecule has 6 heteroatoms. The highest BCUT2D eigenvalue weighted by Crippen LogP contribution is 2.22. The van der Waals surface area contributed by atoms with Crippen LogP contribution in [0.4, 0.5) is 11.4 Å². The van der Waals surface area contributed by atoms with Crippen molar-refractivity contribution >= 4 is 39.1 Å². The molecule has 1 saturated heterocycles. The Hall–Kier alpha value is -2.18. The summed E-state index contributed by atoms with van der Waals surface area (Å²) in [6.45, 7) is 0.618. The van der Waals surface area contributed by atoms with Crippen LogP contribution in [0, 0.1) is 0 Å². The number of ether oxygens (including phenoxy) is 1. The van der Waals surface area contributed by atoms with Gasteiger partial charge in [-0.05, 0) is 59.1 Å². The Kier molecular flexibility index (Phi) is 5.27. The van der Waals surface area contributed by atoms with Gasteiger partial charge in [-0.15, -0.1) is 0 Å². The average Bonchev–Trinajstić information content (AvgIpc) is 3.12. The van der Waals surface area contributed by atoms with E-state index in [1.54, 1.807) is 24.3 Å². The minimum absolute atomic E-state index is 0.170. The number of amides is 2. The van der Waals surface area contributed by atoms with Crippen molar-refractivity contribution in [1.29, 1.82) is 0 Å². The predicted octanol–water partition coefficient (Wildman–Crippen LogP) is 3.82. The Morgan fingerprint density at radius 3 is 2.67 bits per heavy atom. The van der Waals surface area contributed by atoms with E-state index in [0.29, 0.717) is 23.5 Å². The zero-order valence-corrected chi connectivity index (χ0v) is 14.5. The highest BCUT2D eigenvalue weighted by Gasteiger charge is 2.23. The molecule has 1 heterocycles. The van der Waals surface area contributed by atoms with E-state index in [9.17, 15) is 9.59 Å². The quantitative estimate of drug-likeness (QED) is 0.836. The SMILES string of the molecule is O=C(Nc1ccccc1Br)c1cccc(NC(=O)C2CCCO2)c1. The van der Waals surface area contributed by atoms with Crippen LogP contribution in [0.3, 0.4) is 0 Å². The van der Waals surface area contributed by atoms with Gasteiger partial charge in [0.2, 0.25) is 0 Å². The van der Waals surface area contributed by atoms with Crippen molar-refractivity contribution in [3.63, 3.8) is 0 Å². The molecule has 0 radical (unpaired) electrons. The topological polar surface area (TPSA) is 67.4 Å². The molecule has 3 rings (SSSR count). The largest absolute Gasteiger partial charge is 0.368 e. The minimum Gasteiger partial charge on any atom is -0.368 e. The molecule has 1 aliphatic heterocycles. The van der Waals surface area contributed by atoms with E-state index in [-0.39, 0.29) is 11.8 Å². The summed E-state index contributed by atoms with van der Waals surface area (Å²) >= 11 is 3.40. The molecule has 24 heavy (non-hydrogen) atoms. The molecule has 1 fully saturated rings. The lowest BCUT2D eigenvalue weighted by Gasteiger charge is -2.12. The van der Waals surface area contributed by atoms with Crippen LogP contribution in [0.2, 0.25) is 0 Å². The summed E-state index contributed by atoms with van der Waals surface area (Å²) in [5.74, 6) is -0.411. The van der Waals surface area contributed by atoms with E-state index in [1.165, 1.54) is 0 Å². The molecule has 1 unspecified atom stereocenters. The van der Waals surface area contributed by atoms with Gasteiger partial charge in [-0.25, -0.2) is 0 Å². The molecule has 2 aromatic carbocycles. The standard InChI is InChI=1S/C18H17BrN2O3/c19-14-7-1-2-8-15(14)21-17(22)12-5-3-6-13(11-12)20-18(23)16-9-4-10-24-16/h1-3,5-8,11,16H,4,9-10H2,(H,20,23)(H,21,22). The fraction of sp³-hybridized carbons (Fsp3) is 0.222. The maximum absolute atomic E-state index is 12.4. The number of benzene rings is 2. The van der Waals surface area contributed by atoms with Crippen LogP contribution in [-0.2, 0) is 9.53 Å². The third kappa shape index (κ3) is 4.01. The predicted molar refractivity (Wildman–Crippen MR) is 96.1 cm³/mol. The Morgan fingerprint density at radius 2 is 1.92 bits per heavy atom. The first kappa shape index (κ1) is 16.7. The summed E-state index contributed by atoms with van der Waals surface area (Å²) < 4.78 is 6.17. The third-order valence-corrected chi connectivity index (χ3v) is 4.43. The molecular formula is C18H17BrN2O3. The molecule has 0 aromatic heterocycles. The van der Waals surface area contributed by atoms with Gasteiger partial charge in [-0.3, -0.25) is 9.59 Å². The normalized spacial score (nSPS) is 16.6. The third-order valence-electron chi connectivity index (χ3n) is 3.74. The van der Waals surface area contributed by atoms with Gasteiger partial charge in [0.15, 0.2) is 0 Å². The highest BCUT2D eigenvalue weighted by molar-refractivity contribution is 9.10. The summed E-state index contributed by atoms with van der Waals surface area (Å²) in [6.07, 6.45) is 1.23. The molecule has 2 N–H and O–H groups in total. The number of carbonyl (C=O) groups excluding carboxylic acids is 2. The number of nitrogens with one attached hydrogen (secondary N) is 2. The van der Waals surface area contributed by atoms with E-state index >= 15 is 0 Å². The Balaban J connectivity index is 1.69. The van der Waals surface area contributed by atoms with Crippen LogP contribution in [0.15, 0.2) is 53.0 Å². The fourth-order valence-corrected chi connectivity index (χ4v) is 2.89. The summed E-state index contributed by atoms with van der Waals surface area (Å²) in [4.78, 5) is 24.5. The van der Waals surface area contributed by atoms with Crippen molar-refractivity contribution in [3.05, 3.63) is 58.6 Å². The molecule has 0 spiro atoms. The number of rotatable bonds is 4. The zero-order chi connectivity index (χ0) is 16.9. The first-order valence-corrected chi connectivity index (χ1v) is 8.51. The van der Waals surface area contributed by atoms with E-state index in [2.05, 4.69) is 26.6 Å². The zero-order valence-electron chi connectivity index (χ0n) is 12.9. The molecule has 1 aliphatic rings. The van der Waals surface area contributed by atoms with E-state index in [4.69, 9.17) is 4.74 Å². The van der Waals surface area contributed by atoms with Gasteiger partial charge < -0.3 is 15.4 Å². The van der Waals surface area contributed by atoms with Crippen LogP contribution in [0.1, 0.15) is 23.2 Å². The molecule has 2 amide bonds. The Morgan fingerprint density at radius 1 is 1.08 bits per heavy atom. The second-order valence-electron chi connectivity index (χ2n) is 5.51. The van der Waals surface area contributed by atoms with E-state index in [0.717, 1.165) is 17.3 Å². The number of para-hydroxylation sites is 1. The lowest BCUT2D eigenvalue weighted by atomic mass is 10.1. The molecule has 1 atom stereocenters. The maximum Gasteiger partial charge on any atom is 0.255 e. The lowest BCUT2D eigenvalue weighted by molar-refractivity contribution is -0.124. The Labute approximate surface area is 148 Å². The number of carbonyl (C=O) groups is 2. The summed E-state index contributed by atoms with van der Waals surface area (Å²) in [6, 6.07) is 14.2. The van der Waals surface area contributed by atoms with Crippen molar-refractivity contribution in [1.82, 2.24) is 0 Å². The van der Waals surface area contributed by atoms with Gasteiger partial charge in [0.25, 0.3) is 11.8 Å². The fourth-order valence-electron chi connectivity index (χ4n) is 2.50. The van der Waals surface area contributed by atoms with Gasteiger partial charge in [0.1, 0.15) is 6.10 Å². The summed E-state index contributed by atoms with van der Waals surface area (Å²) in [5, 5.41) is 5.64. The molecular weight excluding hydrogens is 372 g/mol. The molecule has 0 bridgehead atoms. The number of hydrogen-bond donors (Lipinski definition) is 2. The second-order valence-corrected chi connectivity index (χ2v) is 6.36. The average molecular weight is 389 g/mol. The van der Waals surface area contributed by atoms with Crippen LogP contribution in [0.25, 0.3) is 0 Å².